The number of methoxy groups -OCH3 is 1. The van der Waals surface area contributed by atoms with Gasteiger partial charge in [-0.15, -0.1) is 0 Å². The number of aryl methyl sites for hydroxylation is 1. The molecule has 0 radical (unpaired) electrons. The van der Waals surface area contributed by atoms with Gasteiger partial charge >= 0.3 is 0 Å². The first-order valence-corrected chi connectivity index (χ1v) is 11.2. The van der Waals surface area contributed by atoms with Gasteiger partial charge in [0.2, 0.25) is 5.91 Å². The average molecular weight is 445 g/mol. The van der Waals surface area contributed by atoms with Gasteiger partial charge in [0.15, 0.2) is 5.65 Å². The Morgan fingerprint density at radius 2 is 1.91 bits per heavy atom. The smallest absolute Gasteiger partial charge is 0.233 e. The molecule has 0 aliphatic rings. The van der Waals surface area contributed by atoms with Crippen LogP contribution in [0.5, 0.6) is 5.75 Å². The van der Waals surface area contributed by atoms with E-state index in [1.807, 2.05) is 79.8 Å². The van der Waals surface area contributed by atoms with E-state index in [-0.39, 0.29) is 17.2 Å². The average Bonchev–Trinajstić information content (AvgIpc) is 3.18. The number of hydrogen-bond donors (Lipinski definition) is 1. The summed E-state index contributed by atoms with van der Waals surface area (Å²) in [6.45, 7) is 5.73. The van der Waals surface area contributed by atoms with Crippen molar-refractivity contribution < 1.29 is 9.53 Å². The minimum Gasteiger partial charge on any atom is -0.496 e. The first kappa shape index (κ1) is 21.7. The van der Waals surface area contributed by atoms with Crippen LogP contribution in [0.3, 0.4) is 0 Å². The summed E-state index contributed by atoms with van der Waals surface area (Å²) in [6.07, 6.45) is 0. The number of ether oxygens (including phenoxy) is 1. The van der Waals surface area contributed by atoms with Gasteiger partial charge in [-0.1, -0.05) is 42.1 Å². The van der Waals surface area contributed by atoms with Gasteiger partial charge in [-0.3, -0.25) is 9.20 Å². The van der Waals surface area contributed by atoms with E-state index in [9.17, 15) is 10.1 Å². The van der Waals surface area contributed by atoms with Gasteiger partial charge in [-0.25, -0.2) is 4.98 Å². The minimum absolute atomic E-state index is 0.0759. The standard InChI is InChI=1S/C25H24N4O2S/c1-15-13-23(29-21-11-7-6-10-20(21)28-24(29)19(15)14-26)32-17(3)25(30)27-16(2)18-9-5-8-12-22(18)31-4/h5-13,16-17H,1-4H3,(H,27,30)/t16-,17-/m1/s1. The molecule has 0 saturated carbocycles. The molecule has 7 heteroatoms. The number of para-hydroxylation sites is 3. The highest BCUT2D eigenvalue weighted by molar-refractivity contribution is 8.00. The molecule has 0 bridgehead atoms. The zero-order chi connectivity index (χ0) is 22.8. The molecule has 0 aliphatic heterocycles. The number of nitrogens with one attached hydrogen (secondary N) is 1. The van der Waals surface area contributed by atoms with E-state index < -0.39 is 0 Å². The molecule has 6 nitrogen and oxygen atoms in total. The molecule has 0 fully saturated rings. The molecule has 162 valence electrons. The van der Waals surface area contributed by atoms with E-state index in [4.69, 9.17) is 4.74 Å². The molecule has 2 aromatic carbocycles. The van der Waals surface area contributed by atoms with Gasteiger partial charge < -0.3 is 10.1 Å². The van der Waals surface area contributed by atoms with Gasteiger partial charge in [0.05, 0.1) is 40.0 Å². The lowest BCUT2D eigenvalue weighted by Crippen LogP contribution is -2.33. The maximum absolute atomic E-state index is 13.0. The van der Waals surface area contributed by atoms with Crippen molar-refractivity contribution in [3.8, 4) is 11.8 Å². The largest absolute Gasteiger partial charge is 0.496 e. The molecule has 32 heavy (non-hydrogen) atoms. The monoisotopic (exact) mass is 444 g/mol. The molecule has 1 N–H and O–H groups in total. The van der Waals surface area contributed by atoms with Crippen molar-refractivity contribution in [2.75, 3.05) is 7.11 Å². The van der Waals surface area contributed by atoms with Crippen LogP contribution >= 0.6 is 11.8 Å². The fourth-order valence-corrected chi connectivity index (χ4v) is 4.88. The number of carbonyl (C=O) groups excluding carboxylic acids is 1. The predicted octanol–water partition coefficient (Wildman–Crippen LogP) is 5.03. The molecule has 4 rings (SSSR count). The number of aromatic nitrogens is 2. The maximum atomic E-state index is 13.0. The summed E-state index contributed by atoms with van der Waals surface area (Å²) in [6, 6.07) is 19.5. The number of imidazole rings is 1. The highest BCUT2D eigenvalue weighted by Crippen LogP contribution is 2.32. The van der Waals surface area contributed by atoms with E-state index >= 15 is 0 Å². The van der Waals surface area contributed by atoms with Crippen LogP contribution in [-0.2, 0) is 4.79 Å². The van der Waals surface area contributed by atoms with Crippen LogP contribution < -0.4 is 10.1 Å². The lowest BCUT2D eigenvalue weighted by atomic mass is 10.1. The van der Waals surface area contributed by atoms with E-state index in [2.05, 4.69) is 16.4 Å². The Bertz CT molecular complexity index is 1360. The van der Waals surface area contributed by atoms with Gasteiger partial charge in [-0.05, 0) is 50.6 Å². The van der Waals surface area contributed by atoms with Crippen molar-refractivity contribution in [1.82, 2.24) is 14.7 Å². The Balaban J connectivity index is 1.64. The molecule has 2 heterocycles. The number of amides is 1. The van der Waals surface area contributed by atoms with Crippen molar-refractivity contribution in [1.29, 1.82) is 5.26 Å². The second-order valence-corrected chi connectivity index (χ2v) is 9.01. The number of carbonyl (C=O) groups is 1. The molecule has 0 aliphatic carbocycles. The van der Waals surface area contributed by atoms with Crippen LogP contribution in [-0.4, -0.2) is 27.7 Å². The zero-order valence-corrected chi connectivity index (χ0v) is 19.2. The first-order chi connectivity index (χ1) is 15.4. The predicted molar refractivity (Wildman–Crippen MR) is 127 cm³/mol. The summed E-state index contributed by atoms with van der Waals surface area (Å²) in [5.74, 6) is 0.669. The number of fused-ring (bicyclic) bond motifs is 3. The lowest BCUT2D eigenvalue weighted by molar-refractivity contribution is -0.120. The third kappa shape index (κ3) is 3.90. The molecule has 4 aromatic rings. The Labute approximate surface area is 191 Å². The zero-order valence-electron chi connectivity index (χ0n) is 18.4. The summed E-state index contributed by atoms with van der Waals surface area (Å²) in [5.41, 5.74) is 4.67. The van der Waals surface area contributed by atoms with Crippen molar-refractivity contribution >= 4 is 34.3 Å². The molecular formula is C25H24N4O2S. The molecule has 2 aromatic heterocycles. The number of nitrogens with zero attached hydrogens (tertiary/aromatic N) is 3. The number of rotatable bonds is 6. The van der Waals surface area contributed by atoms with E-state index in [1.165, 1.54) is 11.8 Å². The molecule has 2 atom stereocenters. The Morgan fingerprint density at radius 1 is 1.19 bits per heavy atom. The Hall–Kier alpha value is -3.50. The number of thioether (sulfide) groups is 1. The summed E-state index contributed by atoms with van der Waals surface area (Å²) >= 11 is 1.45. The van der Waals surface area contributed by atoms with Gasteiger partial charge in [0.1, 0.15) is 11.8 Å². The van der Waals surface area contributed by atoms with Crippen molar-refractivity contribution in [2.24, 2.45) is 0 Å². The second kappa shape index (κ2) is 8.93. The van der Waals surface area contributed by atoms with Gasteiger partial charge in [0.25, 0.3) is 0 Å². The number of pyridine rings is 1. The Morgan fingerprint density at radius 3 is 2.66 bits per heavy atom. The van der Waals surface area contributed by atoms with Crippen molar-refractivity contribution in [3.05, 3.63) is 71.3 Å². The summed E-state index contributed by atoms with van der Waals surface area (Å²) in [5, 5.41) is 13.3. The summed E-state index contributed by atoms with van der Waals surface area (Å²) in [4.78, 5) is 17.7. The van der Waals surface area contributed by atoms with E-state index in [0.29, 0.717) is 11.2 Å². The second-order valence-electron chi connectivity index (χ2n) is 7.64. The Kier molecular flexibility index (Phi) is 6.06. The summed E-state index contributed by atoms with van der Waals surface area (Å²) < 4.78 is 7.40. The molecule has 1 amide bonds. The van der Waals surface area contributed by atoms with Crippen LogP contribution in [0.15, 0.2) is 59.6 Å². The topological polar surface area (TPSA) is 79.4 Å². The van der Waals surface area contributed by atoms with Crippen LogP contribution in [0.25, 0.3) is 16.7 Å². The highest BCUT2D eigenvalue weighted by Gasteiger charge is 2.22. The van der Waals surface area contributed by atoms with Gasteiger partial charge in [-0.2, -0.15) is 5.26 Å². The highest BCUT2D eigenvalue weighted by atomic mass is 32.2. The molecule has 0 spiro atoms. The van der Waals surface area contributed by atoms with Crippen molar-refractivity contribution in [2.45, 2.75) is 37.1 Å². The van der Waals surface area contributed by atoms with E-state index in [1.54, 1.807) is 7.11 Å². The fraction of sp³-hybridized carbons (Fsp3) is 0.240. The maximum Gasteiger partial charge on any atom is 0.233 e. The lowest BCUT2D eigenvalue weighted by Gasteiger charge is -2.20. The molecule has 0 unspecified atom stereocenters. The first-order valence-electron chi connectivity index (χ1n) is 10.4. The molecule has 0 saturated heterocycles. The molecular weight excluding hydrogens is 420 g/mol. The number of nitriles is 1. The van der Waals surface area contributed by atoms with E-state index in [0.717, 1.165) is 32.9 Å². The third-order valence-electron chi connectivity index (χ3n) is 5.48. The van der Waals surface area contributed by atoms with Crippen LogP contribution in [0.2, 0.25) is 0 Å². The number of hydrogen-bond acceptors (Lipinski definition) is 5. The minimum atomic E-state index is -0.358. The number of benzene rings is 2. The summed E-state index contributed by atoms with van der Waals surface area (Å²) in [7, 11) is 1.62. The van der Waals surface area contributed by atoms with Crippen LogP contribution in [0.1, 0.15) is 36.6 Å². The van der Waals surface area contributed by atoms with Crippen molar-refractivity contribution in [3.63, 3.8) is 0 Å². The third-order valence-corrected chi connectivity index (χ3v) is 6.59. The fourth-order valence-electron chi connectivity index (χ4n) is 3.81. The van der Waals surface area contributed by atoms with Gasteiger partial charge in [0, 0.05) is 5.56 Å². The van der Waals surface area contributed by atoms with Crippen LogP contribution in [0.4, 0.5) is 0 Å². The SMILES string of the molecule is COc1ccccc1[C@@H](C)NC(=O)[C@@H](C)Sc1cc(C)c(C#N)c2nc3ccccc3n12. The van der Waals surface area contributed by atoms with Crippen LogP contribution in [0, 0.1) is 18.3 Å². The quantitative estimate of drug-likeness (QED) is 0.422. The normalized spacial score (nSPS) is 13.0.